The predicted octanol–water partition coefficient (Wildman–Crippen LogP) is 2.86. The Morgan fingerprint density at radius 1 is 1.39 bits per heavy atom. The van der Waals surface area contributed by atoms with Crippen LogP contribution >= 0.6 is 0 Å². The van der Waals surface area contributed by atoms with Crippen LogP contribution in [-0.4, -0.2) is 29.1 Å². The Hall–Kier alpha value is -1.58. The lowest BCUT2D eigenvalue weighted by atomic mass is 9.94. The van der Waals surface area contributed by atoms with E-state index in [0.717, 1.165) is 24.2 Å². The fourth-order valence-electron chi connectivity index (χ4n) is 2.67. The summed E-state index contributed by atoms with van der Waals surface area (Å²) in [5.41, 5.74) is 1.95. The zero-order chi connectivity index (χ0) is 13.1. The third kappa shape index (κ3) is 2.63. The van der Waals surface area contributed by atoms with Crippen molar-refractivity contribution in [3.63, 3.8) is 0 Å². The van der Waals surface area contributed by atoms with Crippen molar-refractivity contribution in [2.75, 3.05) is 11.9 Å². The first kappa shape index (κ1) is 12.9. The van der Waals surface area contributed by atoms with Crippen LogP contribution in [-0.2, 0) is 0 Å². The number of nitrogens with zero attached hydrogens (tertiary/aromatic N) is 2. The molecule has 1 N–H and O–H groups in total. The summed E-state index contributed by atoms with van der Waals surface area (Å²) in [6.45, 7) is 1.89. The summed E-state index contributed by atoms with van der Waals surface area (Å²) in [6, 6.07) is 2.33. The number of hydrogen-bond acceptors (Lipinski definition) is 3. The van der Waals surface area contributed by atoms with Gasteiger partial charge in [0.1, 0.15) is 5.56 Å². The maximum absolute atomic E-state index is 11.3. The van der Waals surface area contributed by atoms with E-state index in [0.29, 0.717) is 11.6 Å². The molecule has 0 aromatic carbocycles. The summed E-state index contributed by atoms with van der Waals surface area (Å²) in [6.07, 6.45) is 7.54. The Bertz CT molecular complexity index is 439. The van der Waals surface area contributed by atoms with Crippen LogP contribution in [0.2, 0.25) is 0 Å². The molecule has 18 heavy (non-hydrogen) atoms. The molecule has 1 fully saturated rings. The minimum absolute atomic E-state index is 0.300. The lowest BCUT2D eigenvalue weighted by Gasteiger charge is -2.33. The number of carbonyl (C=O) groups is 1. The van der Waals surface area contributed by atoms with Gasteiger partial charge in [-0.05, 0) is 25.8 Å². The molecule has 1 heterocycles. The number of rotatable bonds is 3. The molecule has 1 aliphatic rings. The molecule has 98 valence electrons. The Morgan fingerprint density at radius 2 is 2.06 bits per heavy atom. The third-order valence-corrected chi connectivity index (χ3v) is 3.75. The molecule has 1 aliphatic carbocycles. The van der Waals surface area contributed by atoms with Crippen LogP contribution in [0.4, 0.5) is 5.69 Å². The molecule has 1 aromatic heterocycles. The van der Waals surface area contributed by atoms with E-state index in [1.165, 1.54) is 25.5 Å². The molecule has 0 unspecified atom stereocenters. The van der Waals surface area contributed by atoms with Crippen LogP contribution in [0.25, 0.3) is 0 Å². The van der Waals surface area contributed by atoms with Gasteiger partial charge in [-0.1, -0.05) is 19.3 Å². The van der Waals surface area contributed by atoms with Crippen LogP contribution in [0.3, 0.4) is 0 Å². The molecular weight excluding hydrogens is 228 g/mol. The number of aryl methyl sites for hydroxylation is 1. The molecular formula is C14H20N2O2. The second-order valence-electron chi connectivity index (χ2n) is 5.05. The molecule has 0 aliphatic heterocycles. The van der Waals surface area contributed by atoms with Gasteiger partial charge in [-0.3, -0.25) is 4.98 Å². The number of hydrogen-bond donors (Lipinski definition) is 1. The molecule has 0 spiro atoms. The zero-order valence-corrected chi connectivity index (χ0v) is 11.0. The molecule has 0 bridgehead atoms. The summed E-state index contributed by atoms with van der Waals surface area (Å²) in [7, 11) is 2.00. The van der Waals surface area contributed by atoms with Crippen molar-refractivity contribution >= 4 is 11.7 Å². The van der Waals surface area contributed by atoms with Gasteiger partial charge in [-0.2, -0.15) is 0 Å². The minimum atomic E-state index is -0.903. The summed E-state index contributed by atoms with van der Waals surface area (Å²) in [5, 5.41) is 9.24. The number of anilines is 1. The SMILES string of the molecule is Cc1cc(N(C)C2CCCCC2)c(C(=O)O)cn1. The molecule has 2 rings (SSSR count). The smallest absolute Gasteiger partial charge is 0.339 e. The molecule has 0 atom stereocenters. The first-order valence-electron chi connectivity index (χ1n) is 6.52. The first-order valence-corrected chi connectivity index (χ1v) is 6.52. The fourth-order valence-corrected chi connectivity index (χ4v) is 2.67. The van der Waals surface area contributed by atoms with E-state index in [-0.39, 0.29) is 0 Å². The van der Waals surface area contributed by atoms with Crippen LogP contribution in [0.1, 0.15) is 48.2 Å². The number of carboxylic acid groups (broad SMARTS) is 1. The number of pyridine rings is 1. The third-order valence-electron chi connectivity index (χ3n) is 3.75. The van der Waals surface area contributed by atoms with Gasteiger partial charge in [0, 0.05) is 25.0 Å². The highest BCUT2D eigenvalue weighted by atomic mass is 16.4. The molecule has 0 amide bonds. The molecule has 0 saturated heterocycles. The van der Waals surface area contributed by atoms with Gasteiger partial charge in [0.05, 0.1) is 5.69 Å². The Balaban J connectivity index is 2.30. The van der Waals surface area contributed by atoms with E-state index < -0.39 is 5.97 Å². The first-order chi connectivity index (χ1) is 8.59. The Kier molecular flexibility index (Phi) is 3.84. The Morgan fingerprint density at radius 3 is 2.67 bits per heavy atom. The highest BCUT2D eigenvalue weighted by molar-refractivity contribution is 5.94. The second-order valence-corrected chi connectivity index (χ2v) is 5.05. The topological polar surface area (TPSA) is 53.4 Å². The van der Waals surface area contributed by atoms with Crippen molar-refractivity contribution in [2.24, 2.45) is 0 Å². The minimum Gasteiger partial charge on any atom is -0.478 e. The van der Waals surface area contributed by atoms with E-state index >= 15 is 0 Å². The largest absolute Gasteiger partial charge is 0.478 e. The number of aromatic carboxylic acids is 1. The molecule has 0 radical (unpaired) electrons. The van der Waals surface area contributed by atoms with Crippen LogP contribution in [0.5, 0.6) is 0 Å². The molecule has 1 saturated carbocycles. The van der Waals surface area contributed by atoms with E-state index in [2.05, 4.69) is 9.88 Å². The van der Waals surface area contributed by atoms with Gasteiger partial charge in [-0.15, -0.1) is 0 Å². The van der Waals surface area contributed by atoms with Crippen LogP contribution in [0, 0.1) is 6.92 Å². The van der Waals surface area contributed by atoms with Crippen molar-refractivity contribution in [1.29, 1.82) is 0 Å². The monoisotopic (exact) mass is 248 g/mol. The summed E-state index contributed by atoms with van der Waals surface area (Å²) < 4.78 is 0. The summed E-state index contributed by atoms with van der Waals surface area (Å²) in [4.78, 5) is 17.5. The maximum Gasteiger partial charge on any atom is 0.339 e. The van der Waals surface area contributed by atoms with Gasteiger partial charge in [0.15, 0.2) is 0 Å². The van der Waals surface area contributed by atoms with Gasteiger partial charge in [-0.25, -0.2) is 4.79 Å². The van der Waals surface area contributed by atoms with E-state index in [1.54, 1.807) is 0 Å². The molecule has 4 nitrogen and oxygen atoms in total. The summed E-state index contributed by atoms with van der Waals surface area (Å²) >= 11 is 0. The highest BCUT2D eigenvalue weighted by Crippen LogP contribution is 2.28. The quantitative estimate of drug-likeness (QED) is 0.893. The lowest BCUT2D eigenvalue weighted by molar-refractivity contribution is 0.0697. The van der Waals surface area contributed by atoms with Gasteiger partial charge >= 0.3 is 5.97 Å². The zero-order valence-electron chi connectivity index (χ0n) is 11.0. The van der Waals surface area contributed by atoms with Crippen molar-refractivity contribution in [1.82, 2.24) is 4.98 Å². The maximum atomic E-state index is 11.3. The number of aromatic nitrogens is 1. The van der Waals surface area contributed by atoms with Crippen LogP contribution in [0.15, 0.2) is 12.3 Å². The van der Waals surface area contributed by atoms with Crippen LogP contribution < -0.4 is 4.90 Å². The van der Waals surface area contributed by atoms with Crippen molar-refractivity contribution in [3.8, 4) is 0 Å². The Labute approximate surface area is 108 Å². The van der Waals surface area contributed by atoms with Crippen molar-refractivity contribution in [2.45, 2.75) is 45.1 Å². The average molecular weight is 248 g/mol. The van der Waals surface area contributed by atoms with Gasteiger partial charge < -0.3 is 10.0 Å². The average Bonchev–Trinajstić information content (AvgIpc) is 2.38. The molecule has 1 aromatic rings. The van der Waals surface area contributed by atoms with Gasteiger partial charge in [0.2, 0.25) is 0 Å². The van der Waals surface area contributed by atoms with E-state index in [1.807, 2.05) is 20.0 Å². The van der Waals surface area contributed by atoms with Gasteiger partial charge in [0.25, 0.3) is 0 Å². The predicted molar refractivity (Wildman–Crippen MR) is 71.2 cm³/mol. The van der Waals surface area contributed by atoms with Crippen molar-refractivity contribution < 1.29 is 9.90 Å². The van der Waals surface area contributed by atoms with E-state index in [4.69, 9.17) is 0 Å². The standard InChI is InChI=1S/C14H20N2O2/c1-10-8-13(12(9-15-10)14(17)18)16(2)11-6-4-3-5-7-11/h8-9,11H,3-7H2,1-2H3,(H,17,18). The second kappa shape index (κ2) is 5.38. The lowest BCUT2D eigenvalue weighted by Crippen LogP contribution is -2.34. The summed E-state index contributed by atoms with van der Waals surface area (Å²) in [5.74, 6) is -0.903. The van der Waals surface area contributed by atoms with Crippen molar-refractivity contribution in [3.05, 3.63) is 23.5 Å². The fraction of sp³-hybridized carbons (Fsp3) is 0.571. The number of carboxylic acids is 1. The van der Waals surface area contributed by atoms with E-state index in [9.17, 15) is 9.90 Å². The normalized spacial score (nSPS) is 16.6. The highest BCUT2D eigenvalue weighted by Gasteiger charge is 2.22. The molecule has 4 heteroatoms.